The fourth-order valence-electron chi connectivity index (χ4n) is 2.18. The molecule has 0 aliphatic carbocycles. The Labute approximate surface area is 79.1 Å². The number of hydrogen-bond acceptors (Lipinski definition) is 3. The Kier molecular flexibility index (Phi) is 2.94. The average Bonchev–Trinajstić information content (AvgIpc) is 2.57. The highest BCUT2D eigenvalue weighted by atomic mass is 32.2. The van der Waals surface area contributed by atoms with Gasteiger partial charge in [0.2, 0.25) is 0 Å². The highest BCUT2D eigenvalue weighted by Gasteiger charge is 2.27. The molecule has 0 aromatic heterocycles. The summed E-state index contributed by atoms with van der Waals surface area (Å²) in [4.78, 5) is 2.69. The number of piperazine rings is 1. The Bertz CT molecular complexity index is 145. The van der Waals surface area contributed by atoms with Crippen LogP contribution in [-0.2, 0) is 0 Å². The maximum Gasteiger partial charge on any atom is 0.0198 e. The summed E-state index contributed by atoms with van der Waals surface area (Å²) in [5.74, 6) is 2.74. The molecule has 70 valence electrons. The lowest BCUT2D eigenvalue weighted by molar-refractivity contribution is 0.129. The minimum absolute atomic E-state index is 0.752. The lowest BCUT2D eigenvalue weighted by Gasteiger charge is -2.38. The second kappa shape index (κ2) is 3.99. The smallest absolute Gasteiger partial charge is 0.0198 e. The zero-order valence-corrected chi connectivity index (χ0v) is 8.57. The van der Waals surface area contributed by atoms with Crippen molar-refractivity contribution in [2.45, 2.75) is 25.4 Å². The van der Waals surface area contributed by atoms with Gasteiger partial charge in [0.05, 0.1) is 0 Å². The Morgan fingerprint density at radius 2 is 2.42 bits per heavy atom. The molecule has 2 atom stereocenters. The molecule has 2 fully saturated rings. The van der Waals surface area contributed by atoms with Crippen molar-refractivity contribution in [3.63, 3.8) is 0 Å². The molecule has 2 aliphatic rings. The lowest BCUT2D eigenvalue weighted by atomic mass is 10.1. The van der Waals surface area contributed by atoms with Crippen LogP contribution in [0.2, 0.25) is 0 Å². The van der Waals surface area contributed by atoms with Crippen LogP contribution in [0.3, 0.4) is 0 Å². The third-order valence-electron chi connectivity index (χ3n) is 2.93. The van der Waals surface area contributed by atoms with Crippen LogP contribution in [0.15, 0.2) is 0 Å². The van der Waals surface area contributed by atoms with Crippen molar-refractivity contribution < 1.29 is 0 Å². The predicted octanol–water partition coefficient (Wildman–Crippen LogP) is 0.786. The molecule has 0 bridgehead atoms. The third-order valence-corrected chi connectivity index (χ3v) is 4.07. The Morgan fingerprint density at radius 1 is 1.50 bits per heavy atom. The molecule has 0 saturated carbocycles. The van der Waals surface area contributed by atoms with E-state index in [-0.39, 0.29) is 0 Å². The van der Waals surface area contributed by atoms with Crippen molar-refractivity contribution in [1.29, 1.82) is 0 Å². The number of hydrogen-bond donors (Lipinski definition) is 1. The minimum atomic E-state index is 0.752. The molecule has 2 nitrogen and oxygen atoms in total. The summed E-state index contributed by atoms with van der Waals surface area (Å²) < 4.78 is 0. The molecule has 2 saturated heterocycles. The Hall–Kier alpha value is 0.270. The second-order valence-electron chi connectivity index (χ2n) is 3.81. The molecule has 2 rings (SSSR count). The molecule has 2 heterocycles. The summed E-state index contributed by atoms with van der Waals surface area (Å²) in [5.41, 5.74) is 0. The molecule has 1 N–H and O–H groups in total. The summed E-state index contributed by atoms with van der Waals surface area (Å²) in [5, 5.41) is 3.44. The van der Waals surface area contributed by atoms with Gasteiger partial charge in [0.25, 0.3) is 0 Å². The van der Waals surface area contributed by atoms with E-state index in [0.717, 1.165) is 12.1 Å². The highest BCUT2D eigenvalue weighted by molar-refractivity contribution is 7.99. The maximum absolute atomic E-state index is 3.44. The highest BCUT2D eigenvalue weighted by Crippen LogP contribution is 2.24. The fourth-order valence-corrected chi connectivity index (χ4v) is 3.42. The molecule has 0 radical (unpaired) electrons. The molecular formula is C9H18N2S. The largest absolute Gasteiger partial charge is 0.314 e. The quantitative estimate of drug-likeness (QED) is 0.652. The SMILES string of the molecule is C[C@@H]1CNCCN1C1CCSC1. The maximum atomic E-state index is 3.44. The lowest BCUT2D eigenvalue weighted by Crippen LogP contribution is -2.53. The first-order valence-electron chi connectivity index (χ1n) is 4.92. The number of nitrogens with one attached hydrogen (secondary N) is 1. The van der Waals surface area contributed by atoms with Gasteiger partial charge < -0.3 is 5.32 Å². The van der Waals surface area contributed by atoms with E-state index in [9.17, 15) is 0 Å². The summed E-state index contributed by atoms with van der Waals surface area (Å²) in [6.45, 7) is 5.97. The Balaban J connectivity index is 1.91. The number of nitrogens with zero attached hydrogens (tertiary/aromatic N) is 1. The van der Waals surface area contributed by atoms with E-state index in [2.05, 4.69) is 28.9 Å². The number of thioether (sulfide) groups is 1. The van der Waals surface area contributed by atoms with Gasteiger partial charge in [0.15, 0.2) is 0 Å². The van der Waals surface area contributed by atoms with Crippen LogP contribution < -0.4 is 5.32 Å². The zero-order valence-electron chi connectivity index (χ0n) is 7.75. The fraction of sp³-hybridized carbons (Fsp3) is 1.00. The van der Waals surface area contributed by atoms with Crippen LogP contribution in [0, 0.1) is 0 Å². The van der Waals surface area contributed by atoms with Crippen LogP contribution in [0.5, 0.6) is 0 Å². The van der Waals surface area contributed by atoms with E-state index >= 15 is 0 Å². The first kappa shape index (κ1) is 8.85. The summed E-state index contributed by atoms with van der Waals surface area (Å²) in [6.07, 6.45) is 1.41. The van der Waals surface area contributed by atoms with Gasteiger partial charge in [-0.2, -0.15) is 11.8 Å². The van der Waals surface area contributed by atoms with E-state index in [1.807, 2.05) is 0 Å². The summed E-state index contributed by atoms with van der Waals surface area (Å²) in [6, 6.07) is 1.63. The molecule has 3 heteroatoms. The second-order valence-corrected chi connectivity index (χ2v) is 4.96. The normalized spacial score (nSPS) is 38.8. The van der Waals surface area contributed by atoms with E-state index in [0.29, 0.717) is 0 Å². The topological polar surface area (TPSA) is 15.3 Å². The van der Waals surface area contributed by atoms with Gasteiger partial charge in [0, 0.05) is 37.5 Å². The first-order valence-corrected chi connectivity index (χ1v) is 6.07. The Morgan fingerprint density at radius 3 is 3.08 bits per heavy atom. The summed E-state index contributed by atoms with van der Waals surface area (Å²) in [7, 11) is 0. The van der Waals surface area contributed by atoms with E-state index in [1.54, 1.807) is 0 Å². The minimum Gasteiger partial charge on any atom is -0.314 e. The van der Waals surface area contributed by atoms with Crippen molar-refractivity contribution in [2.75, 3.05) is 31.1 Å². The monoisotopic (exact) mass is 186 g/mol. The van der Waals surface area contributed by atoms with E-state index < -0.39 is 0 Å². The standard InChI is InChI=1S/C9H18N2S/c1-8-6-10-3-4-11(8)9-2-5-12-7-9/h8-10H,2-7H2,1H3/t8-,9?/m1/s1. The van der Waals surface area contributed by atoms with Crippen LogP contribution >= 0.6 is 11.8 Å². The van der Waals surface area contributed by atoms with Gasteiger partial charge in [-0.1, -0.05) is 0 Å². The van der Waals surface area contributed by atoms with Gasteiger partial charge in [-0.05, 0) is 19.1 Å². The van der Waals surface area contributed by atoms with Crippen molar-refractivity contribution in [2.24, 2.45) is 0 Å². The van der Waals surface area contributed by atoms with E-state index in [4.69, 9.17) is 0 Å². The molecule has 0 aromatic carbocycles. The molecule has 0 aromatic rings. The molecular weight excluding hydrogens is 168 g/mol. The molecule has 12 heavy (non-hydrogen) atoms. The van der Waals surface area contributed by atoms with Crippen LogP contribution in [0.1, 0.15) is 13.3 Å². The zero-order chi connectivity index (χ0) is 8.39. The average molecular weight is 186 g/mol. The van der Waals surface area contributed by atoms with Crippen LogP contribution in [-0.4, -0.2) is 48.1 Å². The van der Waals surface area contributed by atoms with Crippen molar-refractivity contribution >= 4 is 11.8 Å². The van der Waals surface area contributed by atoms with Crippen molar-refractivity contribution in [1.82, 2.24) is 10.2 Å². The van der Waals surface area contributed by atoms with Gasteiger partial charge in [-0.15, -0.1) is 0 Å². The third kappa shape index (κ3) is 1.78. The summed E-state index contributed by atoms with van der Waals surface area (Å²) >= 11 is 2.12. The predicted molar refractivity (Wildman–Crippen MR) is 54.8 cm³/mol. The van der Waals surface area contributed by atoms with E-state index in [1.165, 1.54) is 37.6 Å². The molecule has 1 unspecified atom stereocenters. The van der Waals surface area contributed by atoms with Gasteiger partial charge in [-0.25, -0.2) is 0 Å². The van der Waals surface area contributed by atoms with Gasteiger partial charge in [0.1, 0.15) is 0 Å². The van der Waals surface area contributed by atoms with Crippen LogP contribution in [0.25, 0.3) is 0 Å². The van der Waals surface area contributed by atoms with Crippen LogP contribution in [0.4, 0.5) is 0 Å². The molecule has 0 amide bonds. The van der Waals surface area contributed by atoms with Gasteiger partial charge >= 0.3 is 0 Å². The molecule has 2 aliphatic heterocycles. The van der Waals surface area contributed by atoms with Crippen molar-refractivity contribution in [3.05, 3.63) is 0 Å². The van der Waals surface area contributed by atoms with Gasteiger partial charge in [-0.3, -0.25) is 4.90 Å². The molecule has 0 spiro atoms. The first-order chi connectivity index (χ1) is 5.88. The number of rotatable bonds is 1. The van der Waals surface area contributed by atoms with Crippen molar-refractivity contribution in [3.8, 4) is 0 Å².